The third-order valence-corrected chi connectivity index (χ3v) is 7.19. The second kappa shape index (κ2) is 5.18. The molecular weight excluding hydrogens is 358 g/mol. The molecule has 5 atom stereocenters. The molecular formula is C17H24BrN3O2. The number of halogens is 1. The number of amides is 1. The van der Waals surface area contributed by atoms with Gasteiger partial charge in [-0.15, -0.1) is 0 Å². The number of alkyl halides is 1. The first-order valence-electron chi connectivity index (χ1n) is 8.70. The maximum Gasteiger partial charge on any atom is 0.237 e. The third-order valence-electron chi connectivity index (χ3n) is 6.31. The third kappa shape index (κ3) is 2.71. The van der Waals surface area contributed by atoms with Gasteiger partial charge in [-0.05, 0) is 57.3 Å². The van der Waals surface area contributed by atoms with E-state index >= 15 is 0 Å². The minimum atomic E-state index is -0.582. The van der Waals surface area contributed by atoms with E-state index in [1.54, 1.807) is 4.90 Å². The first-order valence-corrected chi connectivity index (χ1v) is 9.49. The van der Waals surface area contributed by atoms with Gasteiger partial charge in [-0.3, -0.25) is 4.79 Å². The predicted molar refractivity (Wildman–Crippen MR) is 88.9 cm³/mol. The zero-order chi connectivity index (χ0) is 16.3. The van der Waals surface area contributed by atoms with Crippen molar-refractivity contribution in [3.8, 4) is 6.07 Å². The molecule has 5 fully saturated rings. The molecule has 0 aromatic carbocycles. The summed E-state index contributed by atoms with van der Waals surface area (Å²) in [6, 6.07) is 1.97. The van der Waals surface area contributed by atoms with Gasteiger partial charge in [0.2, 0.25) is 5.91 Å². The Morgan fingerprint density at radius 2 is 2.17 bits per heavy atom. The molecule has 5 nitrogen and oxygen atoms in total. The van der Waals surface area contributed by atoms with Gasteiger partial charge in [-0.2, -0.15) is 5.26 Å². The Morgan fingerprint density at radius 3 is 2.87 bits per heavy atom. The van der Waals surface area contributed by atoms with Crippen LogP contribution < -0.4 is 5.32 Å². The molecule has 4 saturated carbocycles. The SMILES string of the molecule is N#CC1CCCN1C(=O)CNC12CC3CC(O)(CC(Br)(C3)C1)C2. The van der Waals surface area contributed by atoms with E-state index < -0.39 is 5.60 Å². The van der Waals surface area contributed by atoms with Crippen LogP contribution in [0.25, 0.3) is 0 Å². The van der Waals surface area contributed by atoms with E-state index in [9.17, 15) is 9.90 Å². The summed E-state index contributed by atoms with van der Waals surface area (Å²) in [5, 5.41) is 23.5. The minimum absolute atomic E-state index is 0.0278. The molecule has 1 aliphatic heterocycles. The van der Waals surface area contributed by atoms with Gasteiger partial charge in [-0.1, -0.05) is 15.9 Å². The van der Waals surface area contributed by atoms with Gasteiger partial charge < -0.3 is 15.3 Å². The highest BCUT2D eigenvalue weighted by molar-refractivity contribution is 9.10. The molecule has 6 heteroatoms. The average Bonchev–Trinajstić information content (AvgIpc) is 2.89. The summed E-state index contributed by atoms with van der Waals surface area (Å²) in [6.45, 7) is 0.977. The Labute approximate surface area is 145 Å². The van der Waals surface area contributed by atoms with Gasteiger partial charge in [-0.25, -0.2) is 0 Å². The summed E-state index contributed by atoms with van der Waals surface area (Å²) < 4.78 is 0.0278. The number of aliphatic hydroxyl groups is 1. The van der Waals surface area contributed by atoms with Gasteiger partial charge in [0, 0.05) is 16.4 Å². The predicted octanol–water partition coefficient (Wildman–Crippen LogP) is 1.69. The number of nitriles is 1. The Balaban J connectivity index is 1.45. The monoisotopic (exact) mass is 381 g/mol. The summed E-state index contributed by atoms with van der Waals surface area (Å²) in [5.74, 6) is 0.567. The molecule has 0 aromatic rings. The van der Waals surface area contributed by atoms with Crippen molar-refractivity contribution in [3.05, 3.63) is 0 Å². The lowest BCUT2D eigenvalue weighted by atomic mass is 9.51. The Hall–Kier alpha value is -0.640. The summed E-state index contributed by atoms with van der Waals surface area (Å²) in [6.07, 6.45) is 7.36. The zero-order valence-electron chi connectivity index (χ0n) is 13.4. The van der Waals surface area contributed by atoms with Crippen LogP contribution in [-0.4, -0.2) is 50.5 Å². The normalized spacial score (nSPS) is 47.8. The highest BCUT2D eigenvalue weighted by atomic mass is 79.9. The van der Waals surface area contributed by atoms with Gasteiger partial charge in [0.15, 0.2) is 0 Å². The van der Waals surface area contributed by atoms with Crippen LogP contribution in [0.1, 0.15) is 51.4 Å². The maximum absolute atomic E-state index is 12.5. The van der Waals surface area contributed by atoms with Crippen LogP contribution >= 0.6 is 15.9 Å². The summed E-state index contributed by atoms with van der Waals surface area (Å²) in [7, 11) is 0. The van der Waals surface area contributed by atoms with Crippen LogP contribution in [0.4, 0.5) is 0 Å². The van der Waals surface area contributed by atoms with E-state index in [4.69, 9.17) is 5.26 Å². The number of hydrogen-bond acceptors (Lipinski definition) is 4. The molecule has 1 amide bonds. The Morgan fingerprint density at radius 1 is 1.35 bits per heavy atom. The fourth-order valence-corrected chi connectivity index (χ4v) is 7.55. The van der Waals surface area contributed by atoms with Gasteiger partial charge in [0.25, 0.3) is 0 Å². The molecule has 2 N–H and O–H groups in total. The topological polar surface area (TPSA) is 76.4 Å². The highest BCUT2D eigenvalue weighted by Gasteiger charge is 2.62. The summed E-state index contributed by atoms with van der Waals surface area (Å²) in [4.78, 5) is 14.2. The van der Waals surface area contributed by atoms with E-state index in [2.05, 4.69) is 27.3 Å². The number of carbonyl (C=O) groups is 1. The van der Waals surface area contributed by atoms with E-state index in [-0.39, 0.29) is 28.4 Å². The Kier molecular flexibility index (Phi) is 3.57. The van der Waals surface area contributed by atoms with Gasteiger partial charge >= 0.3 is 0 Å². The zero-order valence-corrected chi connectivity index (χ0v) is 14.9. The van der Waals surface area contributed by atoms with E-state index in [1.807, 2.05) is 0 Å². The van der Waals surface area contributed by atoms with Crippen molar-refractivity contribution in [1.82, 2.24) is 10.2 Å². The van der Waals surface area contributed by atoms with Crippen molar-refractivity contribution < 1.29 is 9.90 Å². The van der Waals surface area contributed by atoms with Crippen molar-refractivity contribution in [1.29, 1.82) is 5.26 Å². The second-order valence-electron chi connectivity index (χ2n) is 8.39. The van der Waals surface area contributed by atoms with Crippen LogP contribution in [0, 0.1) is 17.2 Å². The number of likely N-dealkylation sites (tertiary alicyclic amines) is 1. The largest absolute Gasteiger partial charge is 0.390 e. The molecule has 1 saturated heterocycles. The van der Waals surface area contributed by atoms with Crippen LogP contribution in [-0.2, 0) is 4.79 Å². The highest BCUT2D eigenvalue weighted by Crippen LogP contribution is 2.62. The lowest BCUT2D eigenvalue weighted by Gasteiger charge is -2.63. The van der Waals surface area contributed by atoms with Crippen LogP contribution in [0.3, 0.4) is 0 Å². The first-order chi connectivity index (χ1) is 10.8. The number of hydrogen-bond donors (Lipinski definition) is 2. The van der Waals surface area contributed by atoms with E-state index in [0.29, 0.717) is 12.5 Å². The summed E-state index contributed by atoms with van der Waals surface area (Å²) >= 11 is 3.88. The van der Waals surface area contributed by atoms with Crippen molar-refractivity contribution in [3.63, 3.8) is 0 Å². The van der Waals surface area contributed by atoms with E-state index in [1.165, 1.54) is 0 Å². The summed E-state index contributed by atoms with van der Waals surface area (Å²) in [5.41, 5.74) is -0.711. The van der Waals surface area contributed by atoms with Crippen LogP contribution in [0.15, 0.2) is 0 Å². The average molecular weight is 382 g/mol. The quantitative estimate of drug-likeness (QED) is 0.729. The lowest BCUT2D eigenvalue weighted by Crippen LogP contribution is -2.69. The fraction of sp³-hybridized carbons (Fsp3) is 0.882. The lowest BCUT2D eigenvalue weighted by molar-refractivity contribution is -0.139. The second-order valence-corrected chi connectivity index (χ2v) is 10.1. The molecule has 0 radical (unpaired) electrons. The molecule has 5 aliphatic rings. The number of rotatable bonds is 3. The van der Waals surface area contributed by atoms with Gasteiger partial charge in [0.1, 0.15) is 6.04 Å². The van der Waals surface area contributed by atoms with Crippen LogP contribution in [0.5, 0.6) is 0 Å². The fourth-order valence-electron chi connectivity index (χ4n) is 6.03. The van der Waals surface area contributed by atoms with Gasteiger partial charge in [0.05, 0.1) is 18.2 Å². The van der Waals surface area contributed by atoms with Crippen molar-refractivity contribution >= 4 is 21.8 Å². The maximum atomic E-state index is 12.5. The Bertz CT molecular complexity index is 557. The number of nitrogens with one attached hydrogen (secondary N) is 1. The standard InChI is InChI=1S/C17H24BrN3O2/c18-15-4-12-5-16(9-15,11-17(23,6-12)10-15)20-8-14(22)21-3-1-2-13(21)7-19/h12-13,20,23H,1-6,8-11H2. The van der Waals surface area contributed by atoms with Crippen molar-refractivity contribution in [2.24, 2.45) is 5.92 Å². The molecule has 1 heterocycles. The van der Waals surface area contributed by atoms with Crippen molar-refractivity contribution in [2.45, 2.75) is 72.9 Å². The van der Waals surface area contributed by atoms with E-state index in [0.717, 1.165) is 51.4 Å². The molecule has 5 rings (SSSR count). The molecule has 5 unspecified atom stereocenters. The minimum Gasteiger partial charge on any atom is -0.390 e. The van der Waals surface area contributed by atoms with Crippen LogP contribution in [0.2, 0.25) is 0 Å². The molecule has 0 aromatic heterocycles. The van der Waals surface area contributed by atoms with Crippen molar-refractivity contribution in [2.75, 3.05) is 13.1 Å². The molecule has 4 aliphatic carbocycles. The smallest absolute Gasteiger partial charge is 0.237 e. The molecule has 0 spiro atoms. The first kappa shape index (κ1) is 15.9. The number of nitrogens with zero attached hydrogens (tertiary/aromatic N) is 2. The molecule has 4 bridgehead atoms. The molecule has 23 heavy (non-hydrogen) atoms. The molecule has 126 valence electrons. The number of carbonyl (C=O) groups excluding carboxylic acids is 1.